The Morgan fingerprint density at radius 2 is 2.16 bits per heavy atom. The Kier molecular flexibility index (Phi) is 3.89. The number of nitrogens with zero attached hydrogens (tertiary/aromatic N) is 3. The summed E-state index contributed by atoms with van der Waals surface area (Å²) < 4.78 is 2.11. The molecule has 2 fully saturated rings. The Hall–Kier alpha value is -0.870. The van der Waals surface area contributed by atoms with Crippen molar-refractivity contribution in [2.75, 3.05) is 6.54 Å². The molecule has 0 bridgehead atoms. The molecule has 3 rings (SSSR count). The van der Waals surface area contributed by atoms with Crippen LogP contribution in [-0.4, -0.2) is 38.2 Å². The fourth-order valence-electron chi connectivity index (χ4n) is 3.85. The second kappa shape index (κ2) is 5.63. The molecule has 0 aromatic carbocycles. The van der Waals surface area contributed by atoms with Gasteiger partial charge in [-0.05, 0) is 32.2 Å². The van der Waals surface area contributed by atoms with Crippen molar-refractivity contribution in [3.8, 4) is 0 Å². The van der Waals surface area contributed by atoms with Crippen LogP contribution in [0.4, 0.5) is 0 Å². The van der Waals surface area contributed by atoms with E-state index in [0.29, 0.717) is 12.0 Å². The monoisotopic (exact) mass is 263 g/mol. The zero-order valence-electron chi connectivity index (χ0n) is 11.8. The van der Waals surface area contributed by atoms with Crippen LogP contribution >= 0.6 is 0 Å². The third-order valence-corrected chi connectivity index (χ3v) is 4.96. The molecule has 106 valence electrons. The van der Waals surface area contributed by atoms with Crippen LogP contribution in [0.25, 0.3) is 0 Å². The van der Waals surface area contributed by atoms with Gasteiger partial charge in [-0.2, -0.15) is 0 Å². The van der Waals surface area contributed by atoms with Crippen LogP contribution in [0.3, 0.4) is 0 Å². The molecular weight excluding hydrogens is 238 g/mol. The lowest BCUT2D eigenvalue weighted by atomic mass is 9.88. The minimum Gasteiger partial charge on any atom is -0.393 e. The van der Waals surface area contributed by atoms with E-state index in [1.807, 2.05) is 12.4 Å². The summed E-state index contributed by atoms with van der Waals surface area (Å²) in [6.45, 7) is 2.08. The van der Waals surface area contributed by atoms with Crippen LogP contribution in [-0.2, 0) is 13.6 Å². The second-order valence-electron chi connectivity index (χ2n) is 6.15. The molecule has 0 spiro atoms. The molecule has 1 N–H and O–H groups in total. The summed E-state index contributed by atoms with van der Waals surface area (Å²) in [6, 6.07) is 0.558. The molecule has 3 unspecified atom stereocenters. The number of rotatable bonds is 3. The number of piperidine rings is 1. The average Bonchev–Trinajstić information content (AvgIpc) is 3.00. The van der Waals surface area contributed by atoms with E-state index >= 15 is 0 Å². The van der Waals surface area contributed by atoms with Gasteiger partial charge in [0.25, 0.3) is 0 Å². The number of aryl methyl sites for hydroxylation is 1. The quantitative estimate of drug-likeness (QED) is 0.906. The number of likely N-dealkylation sites (tertiary alicyclic amines) is 1. The second-order valence-corrected chi connectivity index (χ2v) is 6.15. The maximum atomic E-state index is 10.2. The summed E-state index contributed by atoms with van der Waals surface area (Å²) >= 11 is 0. The molecule has 1 aliphatic carbocycles. The van der Waals surface area contributed by atoms with Gasteiger partial charge in [0, 0.05) is 31.4 Å². The summed E-state index contributed by atoms with van der Waals surface area (Å²) in [7, 11) is 2.06. The summed E-state index contributed by atoms with van der Waals surface area (Å²) in [6.07, 6.45) is 11.0. The maximum Gasteiger partial charge on any atom is 0.122 e. The lowest BCUT2D eigenvalue weighted by Gasteiger charge is -2.40. The van der Waals surface area contributed by atoms with Gasteiger partial charge in [0.05, 0.1) is 12.6 Å². The molecule has 2 aliphatic rings. The molecule has 1 saturated carbocycles. The predicted molar refractivity (Wildman–Crippen MR) is 74.6 cm³/mol. The third kappa shape index (κ3) is 2.70. The highest BCUT2D eigenvalue weighted by Gasteiger charge is 2.37. The van der Waals surface area contributed by atoms with Gasteiger partial charge in [0.15, 0.2) is 0 Å². The van der Waals surface area contributed by atoms with E-state index in [0.717, 1.165) is 25.3 Å². The van der Waals surface area contributed by atoms with E-state index in [4.69, 9.17) is 0 Å². The SMILES string of the molecule is Cn1ccnc1CN1CCCCC1C1CCCC1O. The van der Waals surface area contributed by atoms with Gasteiger partial charge in [0.2, 0.25) is 0 Å². The number of hydrogen-bond acceptors (Lipinski definition) is 3. The highest BCUT2D eigenvalue weighted by atomic mass is 16.3. The first-order valence-corrected chi connectivity index (χ1v) is 7.64. The Labute approximate surface area is 115 Å². The molecule has 1 aliphatic heterocycles. The molecule has 4 nitrogen and oxygen atoms in total. The van der Waals surface area contributed by atoms with Gasteiger partial charge in [-0.1, -0.05) is 12.8 Å². The topological polar surface area (TPSA) is 41.3 Å². The fraction of sp³-hybridized carbons (Fsp3) is 0.800. The average molecular weight is 263 g/mol. The van der Waals surface area contributed by atoms with Gasteiger partial charge >= 0.3 is 0 Å². The smallest absolute Gasteiger partial charge is 0.122 e. The van der Waals surface area contributed by atoms with Crippen molar-refractivity contribution >= 4 is 0 Å². The number of aliphatic hydroxyl groups excluding tert-OH is 1. The summed E-state index contributed by atoms with van der Waals surface area (Å²) in [4.78, 5) is 7.01. The first-order chi connectivity index (χ1) is 9.25. The normalized spacial score (nSPS) is 32.8. The zero-order chi connectivity index (χ0) is 13.2. The maximum absolute atomic E-state index is 10.2. The van der Waals surface area contributed by atoms with Crippen LogP contribution in [0.15, 0.2) is 12.4 Å². The van der Waals surface area contributed by atoms with Gasteiger partial charge in [-0.3, -0.25) is 4.90 Å². The Morgan fingerprint density at radius 3 is 2.84 bits per heavy atom. The Bertz CT molecular complexity index is 417. The van der Waals surface area contributed by atoms with Crippen LogP contribution < -0.4 is 0 Å². The van der Waals surface area contributed by atoms with Crippen molar-refractivity contribution in [3.05, 3.63) is 18.2 Å². The Morgan fingerprint density at radius 1 is 1.26 bits per heavy atom. The molecular formula is C15H25N3O. The highest BCUT2D eigenvalue weighted by molar-refractivity contribution is 4.95. The van der Waals surface area contributed by atoms with Gasteiger partial charge in [-0.15, -0.1) is 0 Å². The van der Waals surface area contributed by atoms with E-state index < -0.39 is 0 Å². The van der Waals surface area contributed by atoms with Crippen molar-refractivity contribution in [1.29, 1.82) is 0 Å². The van der Waals surface area contributed by atoms with Gasteiger partial charge in [0.1, 0.15) is 5.82 Å². The largest absolute Gasteiger partial charge is 0.393 e. The van der Waals surface area contributed by atoms with Crippen LogP contribution in [0.1, 0.15) is 44.3 Å². The van der Waals surface area contributed by atoms with Crippen molar-refractivity contribution in [1.82, 2.24) is 14.5 Å². The minimum absolute atomic E-state index is 0.0769. The van der Waals surface area contributed by atoms with Crippen molar-refractivity contribution < 1.29 is 5.11 Å². The van der Waals surface area contributed by atoms with E-state index in [1.54, 1.807) is 0 Å². The molecule has 0 radical (unpaired) electrons. The fourth-order valence-corrected chi connectivity index (χ4v) is 3.85. The van der Waals surface area contributed by atoms with E-state index in [9.17, 15) is 5.11 Å². The third-order valence-electron chi connectivity index (χ3n) is 4.96. The van der Waals surface area contributed by atoms with Gasteiger partial charge in [-0.25, -0.2) is 4.98 Å². The molecule has 2 heterocycles. The van der Waals surface area contributed by atoms with Crippen LogP contribution in [0, 0.1) is 5.92 Å². The van der Waals surface area contributed by atoms with Crippen molar-refractivity contribution in [2.45, 2.75) is 57.2 Å². The number of imidazole rings is 1. The first kappa shape index (κ1) is 13.1. The van der Waals surface area contributed by atoms with Crippen LogP contribution in [0.2, 0.25) is 0 Å². The van der Waals surface area contributed by atoms with Crippen molar-refractivity contribution in [2.24, 2.45) is 13.0 Å². The number of aliphatic hydroxyl groups is 1. The Balaban J connectivity index is 1.72. The molecule has 4 heteroatoms. The molecule has 3 atom stereocenters. The lowest BCUT2D eigenvalue weighted by molar-refractivity contribution is 0.0296. The summed E-state index contributed by atoms with van der Waals surface area (Å²) in [5.74, 6) is 1.62. The van der Waals surface area contributed by atoms with Crippen LogP contribution in [0.5, 0.6) is 0 Å². The lowest BCUT2D eigenvalue weighted by Crippen LogP contribution is -2.46. The highest BCUT2D eigenvalue weighted by Crippen LogP contribution is 2.35. The number of hydrogen-bond donors (Lipinski definition) is 1. The van der Waals surface area contributed by atoms with Crippen molar-refractivity contribution in [3.63, 3.8) is 0 Å². The molecule has 0 amide bonds. The molecule has 1 aromatic rings. The number of aromatic nitrogens is 2. The standard InChI is InChI=1S/C15H25N3O/c1-17-10-8-16-15(17)11-18-9-3-2-6-13(18)12-5-4-7-14(12)19/h8,10,12-14,19H,2-7,9,11H2,1H3. The minimum atomic E-state index is -0.0769. The van der Waals surface area contributed by atoms with E-state index in [1.165, 1.54) is 32.1 Å². The summed E-state index contributed by atoms with van der Waals surface area (Å²) in [5.41, 5.74) is 0. The van der Waals surface area contributed by atoms with E-state index in [2.05, 4.69) is 21.5 Å². The summed E-state index contributed by atoms with van der Waals surface area (Å²) in [5, 5.41) is 10.2. The zero-order valence-corrected chi connectivity index (χ0v) is 11.8. The molecule has 1 aromatic heterocycles. The van der Waals surface area contributed by atoms with Gasteiger partial charge < -0.3 is 9.67 Å². The molecule has 19 heavy (non-hydrogen) atoms. The van der Waals surface area contributed by atoms with E-state index in [-0.39, 0.29) is 6.10 Å². The first-order valence-electron chi connectivity index (χ1n) is 7.64. The predicted octanol–water partition coefficient (Wildman–Crippen LogP) is 1.94. The molecule has 1 saturated heterocycles.